The molecule has 0 aromatic heterocycles. The third-order valence-electron chi connectivity index (χ3n) is 4.77. The monoisotopic (exact) mass is 360 g/mol. The first kappa shape index (κ1) is 18.9. The Morgan fingerprint density at radius 2 is 1.38 bits per heavy atom. The molecule has 2 amide bonds. The fraction of sp³-hybridized carbons (Fsp3) is 0.600. The van der Waals surface area contributed by atoms with Crippen molar-refractivity contribution in [3.63, 3.8) is 0 Å². The van der Waals surface area contributed by atoms with Gasteiger partial charge in [0.05, 0.1) is 0 Å². The van der Waals surface area contributed by atoms with Crippen LogP contribution in [0.15, 0.2) is 18.2 Å². The van der Waals surface area contributed by atoms with Gasteiger partial charge in [-0.1, -0.05) is 26.8 Å². The summed E-state index contributed by atoms with van der Waals surface area (Å²) < 4.78 is 11.0. The zero-order chi connectivity index (χ0) is 18.7. The smallest absolute Gasteiger partial charge is 0.253 e. The average molecular weight is 360 g/mol. The van der Waals surface area contributed by atoms with E-state index in [-0.39, 0.29) is 17.2 Å². The molecular weight excluding hydrogens is 332 g/mol. The zero-order valence-corrected chi connectivity index (χ0v) is 15.8. The standard InChI is InChI=1S/C20H28N2O4/c1-20(2,3)17-13(21-18(23)15-9-5-11-25-15)7-4-8-14(17)22-19(24)16-10-6-12-26-16/h4,7-8,15-16H,5-6,9-12H2,1-3H3,(H,21,23)(H,22,24)/t15-,16-/m0/s1. The van der Waals surface area contributed by atoms with Crippen molar-refractivity contribution in [2.24, 2.45) is 0 Å². The van der Waals surface area contributed by atoms with Crippen molar-refractivity contribution < 1.29 is 19.1 Å². The summed E-state index contributed by atoms with van der Waals surface area (Å²) in [4.78, 5) is 25.0. The molecule has 1 aromatic carbocycles. The highest BCUT2D eigenvalue weighted by molar-refractivity contribution is 5.99. The number of nitrogens with one attached hydrogen (secondary N) is 2. The van der Waals surface area contributed by atoms with Crippen molar-refractivity contribution in [3.05, 3.63) is 23.8 Å². The van der Waals surface area contributed by atoms with E-state index in [0.717, 1.165) is 31.2 Å². The molecule has 2 heterocycles. The Labute approximate surface area is 154 Å². The lowest BCUT2D eigenvalue weighted by molar-refractivity contribution is -0.125. The maximum absolute atomic E-state index is 12.5. The van der Waals surface area contributed by atoms with E-state index in [1.165, 1.54) is 0 Å². The van der Waals surface area contributed by atoms with Crippen molar-refractivity contribution in [1.82, 2.24) is 0 Å². The summed E-state index contributed by atoms with van der Waals surface area (Å²) >= 11 is 0. The minimum absolute atomic E-state index is 0.129. The fourth-order valence-corrected chi connectivity index (χ4v) is 3.56. The van der Waals surface area contributed by atoms with E-state index >= 15 is 0 Å². The summed E-state index contributed by atoms with van der Waals surface area (Å²) in [5.74, 6) is -0.258. The number of benzene rings is 1. The van der Waals surface area contributed by atoms with Gasteiger partial charge in [0.25, 0.3) is 11.8 Å². The van der Waals surface area contributed by atoms with Gasteiger partial charge in [0, 0.05) is 30.2 Å². The second kappa shape index (κ2) is 7.76. The van der Waals surface area contributed by atoms with E-state index < -0.39 is 12.2 Å². The molecule has 142 valence electrons. The van der Waals surface area contributed by atoms with Crippen LogP contribution in [-0.4, -0.2) is 37.2 Å². The summed E-state index contributed by atoms with van der Waals surface area (Å²) in [6, 6.07) is 5.58. The molecule has 2 aliphatic heterocycles. The van der Waals surface area contributed by atoms with Gasteiger partial charge in [0.1, 0.15) is 12.2 Å². The summed E-state index contributed by atoms with van der Waals surface area (Å²) in [5, 5.41) is 5.99. The molecule has 2 fully saturated rings. The molecule has 2 aliphatic rings. The molecule has 0 aliphatic carbocycles. The van der Waals surface area contributed by atoms with Crippen LogP contribution in [0.1, 0.15) is 52.0 Å². The summed E-state index contributed by atoms with van der Waals surface area (Å²) in [7, 11) is 0. The van der Waals surface area contributed by atoms with Crippen LogP contribution in [0, 0.1) is 0 Å². The van der Waals surface area contributed by atoms with E-state index in [0.29, 0.717) is 24.6 Å². The number of hydrogen-bond acceptors (Lipinski definition) is 4. The lowest BCUT2D eigenvalue weighted by Crippen LogP contribution is -2.30. The molecule has 0 radical (unpaired) electrons. The SMILES string of the molecule is CC(C)(C)c1c(NC(=O)[C@@H]2CCCO2)cccc1NC(=O)[C@@H]1CCCO1. The van der Waals surface area contributed by atoms with Gasteiger partial charge in [-0.25, -0.2) is 0 Å². The topological polar surface area (TPSA) is 76.7 Å². The van der Waals surface area contributed by atoms with E-state index in [1.807, 2.05) is 18.2 Å². The summed E-state index contributed by atoms with van der Waals surface area (Å²) in [6.45, 7) is 7.44. The van der Waals surface area contributed by atoms with Gasteiger partial charge in [0.15, 0.2) is 0 Å². The first-order valence-corrected chi connectivity index (χ1v) is 9.34. The van der Waals surface area contributed by atoms with Crippen LogP contribution >= 0.6 is 0 Å². The predicted molar refractivity (Wildman–Crippen MR) is 100 cm³/mol. The highest BCUT2D eigenvalue weighted by atomic mass is 16.5. The zero-order valence-electron chi connectivity index (χ0n) is 15.8. The largest absolute Gasteiger partial charge is 0.368 e. The van der Waals surface area contributed by atoms with E-state index in [1.54, 1.807) is 0 Å². The summed E-state index contributed by atoms with van der Waals surface area (Å²) in [5.41, 5.74) is 2.06. The van der Waals surface area contributed by atoms with E-state index in [4.69, 9.17) is 9.47 Å². The van der Waals surface area contributed by atoms with Crippen molar-refractivity contribution in [2.45, 2.75) is 64.1 Å². The Kier molecular flexibility index (Phi) is 5.63. The van der Waals surface area contributed by atoms with Gasteiger partial charge in [-0.2, -0.15) is 0 Å². The van der Waals surface area contributed by atoms with Gasteiger partial charge in [-0.3, -0.25) is 9.59 Å². The van der Waals surface area contributed by atoms with Crippen LogP contribution in [0.4, 0.5) is 11.4 Å². The van der Waals surface area contributed by atoms with Crippen LogP contribution in [0.5, 0.6) is 0 Å². The quantitative estimate of drug-likeness (QED) is 0.864. The predicted octanol–water partition coefficient (Wildman–Crippen LogP) is 3.22. The first-order chi connectivity index (χ1) is 12.4. The highest BCUT2D eigenvalue weighted by Crippen LogP contribution is 2.36. The van der Waals surface area contributed by atoms with Crippen LogP contribution in [0.2, 0.25) is 0 Å². The molecule has 3 rings (SSSR count). The molecule has 0 saturated carbocycles. The van der Waals surface area contributed by atoms with E-state index in [2.05, 4.69) is 31.4 Å². The first-order valence-electron chi connectivity index (χ1n) is 9.34. The van der Waals surface area contributed by atoms with Crippen LogP contribution in [0.25, 0.3) is 0 Å². The Bertz CT molecular complexity index is 621. The molecule has 0 unspecified atom stereocenters. The number of hydrogen-bond donors (Lipinski definition) is 2. The lowest BCUT2D eigenvalue weighted by Gasteiger charge is -2.27. The lowest BCUT2D eigenvalue weighted by atomic mass is 9.84. The van der Waals surface area contributed by atoms with E-state index in [9.17, 15) is 9.59 Å². The Morgan fingerprint density at radius 3 is 1.73 bits per heavy atom. The number of rotatable bonds is 4. The Balaban J connectivity index is 1.84. The normalized spacial score (nSPS) is 23.0. The van der Waals surface area contributed by atoms with Crippen LogP contribution in [0.3, 0.4) is 0 Å². The summed E-state index contributed by atoms with van der Waals surface area (Å²) in [6.07, 6.45) is 2.50. The Hall–Kier alpha value is -1.92. The molecule has 1 aromatic rings. The van der Waals surface area contributed by atoms with Crippen molar-refractivity contribution in [3.8, 4) is 0 Å². The molecule has 26 heavy (non-hydrogen) atoms. The number of carbonyl (C=O) groups is 2. The Morgan fingerprint density at radius 1 is 0.923 bits per heavy atom. The van der Waals surface area contributed by atoms with Gasteiger partial charge >= 0.3 is 0 Å². The second-order valence-corrected chi connectivity index (χ2v) is 7.96. The van der Waals surface area contributed by atoms with Gasteiger partial charge < -0.3 is 20.1 Å². The molecule has 2 atom stereocenters. The van der Waals surface area contributed by atoms with Crippen molar-refractivity contribution in [1.29, 1.82) is 0 Å². The minimum Gasteiger partial charge on any atom is -0.368 e. The molecular formula is C20H28N2O4. The van der Waals surface area contributed by atoms with Crippen molar-refractivity contribution in [2.75, 3.05) is 23.8 Å². The number of anilines is 2. The molecule has 0 spiro atoms. The van der Waals surface area contributed by atoms with Gasteiger partial charge in [0.2, 0.25) is 0 Å². The third kappa shape index (κ3) is 4.24. The molecule has 2 saturated heterocycles. The average Bonchev–Trinajstić information content (AvgIpc) is 3.27. The third-order valence-corrected chi connectivity index (χ3v) is 4.77. The maximum Gasteiger partial charge on any atom is 0.253 e. The van der Waals surface area contributed by atoms with Gasteiger partial charge in [-0.05, 0) is 43.2 Å². The maximum atomic E-state index is 12.5. The fourth-order valence-electron chi connectivity index (χ4n) is 3.56. The molecule has 6 nitrogen and oxygen atoms in total. The van der Waals surface area contributed by atoms with Gasteiger partial charge in [-0.15, -0.1) is 0 Å². The number of amides is 2. The van der Waals surface area contributed by atoms with Crippen LogP contribution < -0.4 is 10.6 Å². The van der Waals surface area contributed by atoms with Crippen molar-refractivity contribution >= 4 is 23.2 Å². The number of ether oxygens (including phenoxy) is 2. The highest BCUT2D eigenvalue weighted by Gasteiger charge is 2.29. The van der Waals surface area contributed by atoms with Crippen LogP contribution in [-0.2, 0) is 24.5 Å². The molecule has 0 bridgehead atoms. The second-order valence-electron chi connectivity index (χ2n) is 7.96. The minimum atomic E-state index is -0.395. The number of carbonyl (C=O) groups excluding carboxylic acids is 2. The molecule has 2 N–H and O–H groups in total. The molecule has 6 heteroatoms.